The van der Waals surface area contributed by atoms with Crippen molar-refractivity contribution < 1.29 is 0 Å². The van der Waals surface area contributed by atoms with Gasteiger partial charge in [-0.1, -0.05) is 6.92 Å². The van der Waals surface area contributed by atoms with E-state index in [1.807, 2.05) is 23.1 Å². The second-order valence-electron chi connectivity index (χ2n) is 3.93. The van der Waals surface area contributed by atoms with Crippen LogP contribution in [0, 0.1) is 0 Å². The van der Waals surface area contributed by atoms with Crippen LogP contribution in [0.2, 0.25) is 0 Å². The summed E-state index contributed by atoms with van der Waals surface area (Å²) >= 11 is 0. The third-order valence-electron chi connectivity index (χ3n) is 2.39. The zero-order valence-electron chi connectivity index (χ0n) is 8.75. The molecule has 0 amide bonds. The fraction of sp³-hybridized carbons (Fsp3) is 0.700. The Morgan fingerprint density at radius 1 is 1.46 bits per heavy atom. The lowest BCUT2D eigenvalue weighted by Gasteiger charge is -2.24. The van der Waals surface area contributed by atoms with E-state index in [9.17, 15) is 0 Å². The molecule has 0 saturated carbocycles. The van der Waals surface area contributed by atoms with Crippen LogP contribution in [0.15, 0.2) is 18.5 Å². The van der Waals surface area contributed by atoms with Crippen LogP contribution in [0.5, 0.6) is 0 Å². The van der Waals surface area contributed by atoms with Gasteiger partial charge in [0.1, 0.15) is 0 Å². The van der Waals surface area contributed by atoms with E-state index in [-0.39, 0.29) is 5.54 Å². The van der Waals surface area contributed by atoms with Crippen molar-refractivity contribution in [3.63, 3.8) is 0 Å². The van der Waals surface area contributed by atoms with E-state index in [4.69, 9.17) is 0 Å². The Hall–Kier alpha value is -0.830. The second-order valence-corrected chi connectivity index (χ2v) is 3.93. The van der Waals surface area contributed by atoms with Crippen molar-refractivity contribution >= 4 is 0 Å². The molecular weight excluding hydrogens is 162 g/mol. The van der Waals surface area contributed by atoms with Crippen molar-refractivity contribution in [1.82, 2.24) is 15.1 Å². The third-order valence-corrected chi connectivity index (χ3v) is 2.39. The first kappa shape index (κ1) is 10.3. The van der Waals surface area contributed by atoms with Crippen LogP contribution in [-0.2, 0) is 6.54 Å². The van der Waals surface area contributed by atoms with Crippen molar-refractivity contribution in [2.24, 2.45) is 0 Å². The van der Waals surface area contributed by atoms with Gasteiger partial charge in [0.2, 0.25) is 0 Å². The molecule has 13 heavy (non-hydrogen) atoms. The summed E-state index contributed by atoms with van der Waals surface area (Å²) in [5.74, 6) is 0. The Morgan fingerprint density at radius 2 is 2.23 bits per heavy atom. The molecule has 0 aromatic carbocycles. The zero-order chi connectivity index (χ0) is 9.73. The van der Waals surface area contributed by atoms with Gasteiger partial charge in [-0.3, -0.25) is 4.68 Å². The monoisotopic (exact) mass is 181 g/mol. The Bertz CT molecular complexity index is 226. The Morgan fingerprint density at radius 3 is 2.77 bits per heavy atom. The number of nitrogens with zero attached hydrogens (tertiary/aromatic N) is 2. The molecule has 0 aliphatic rings. The molecule has 1 N–H and O–H groups in total. The molecule has 74 valence electrons. The quantitative estimate of drug-likeness (QED) is 0.748. The van der Waals surface area contributed by atoms with Gasteiger partial charge in [-0.2, -0.15) is 5.10 Å². The zero-order valence-corrected chi connectivity index (χ0v) is 8.75. The summed E-state index contributed by atoms with van der Waals surface area (Å²) in [5.41, 5.74) is 0.243. The van der Waals surface area contributed by atoms with E-state index in [2.05, 4.69) is 31.2 Å². The smallest absolute Gasteiger partial charge is 0.0534 e. The summed E-state index contributed by atoms with van der Waals surface area (Å²) < 4.78 is 1.94. The molecule has 1 heterocycles. The van der Waals surface area contributed by atoms with Gasteiger partial charge in [0.15, 0.2) is 0 Å². The highest BCUT2D eigenvalue weighted by Crippen LogP contribution is 2.05. The van der Waals surface area contributed by atoms with Crippen molar-refractivity contribution in [3.05, 3.63) is 18.5 Å². The molecular formula is C10H19N3. The first-order valence-electron chi connectivity index (χ1n) is 4.86. The van der Waals surface area contributed by atoms with Gasteiger partial charge in [-0.15, -0.1) is 0 Å². The van der Waals surface area contributed by atoms with E-state index < -0.39 is 0 Å². The maximum absolute atomic E-state index is 4.14. The molecule has 0 spiro atoms. The minimum Gasteiger partial charge on any atom is -0.310 e. The summed E-state index contributed by atoms with van der Waals surface area (Å²) in [5, 5.41) is 7.62. The fourth-order valence-corrected chi connectivity index (χ4v) is 1.07. The maximum atomic E-state index is 4.14. The molecule has 0 unspecified atom stereocenters. The van der Waals surface area contributed by atoms with Gasteiger partial charge >= 0.3 is 0 Å². The summed E-state index contributed by atoms with van der Waals surface area (Å²) in [6.07, 6.45) is 4.94. The number of aromatic nitrogens is 2. The van der Waals surface area contributed by atoms with Crippen LogP contribution in [0.25, 0.3) is 0 Å². The van der Waals surface area contributed by atoms with E-state index in [1.54, 1.807) is 0 Å². The molecule has 3 nitrogen and oxygen atoms in total. The molecule has 0 saturated heterocycles. The minimum absolute atomic E-state index is 0.243. The first-order valence-corrected chi connectivity index (χ1v) is 4.86. The summed E-state index contributed by atoms with van der Waals surface area (Å²) in [6, 6.07) is 1.95. The third kappa shape index (κ3) is 3.59. The largest absolute Gasteiger partial charge is 0.310 e. The molecule has 0 atom stereocenters. The van der Waals surface area contributed by atoms with Crippen molar-refractivity contribution in [2.45, 2.75) is 39.3 Å². The van der Waals surface area contributed by atoms with Crippen LogP contribution in [-0.4, -0.2) is 21.9 Å². The van der Waals surface area contributed by atoms with E-state index in [0.717, 1.165) is 19.5 Å². The fourth-order valence-electron chi connectivity index (χ4n) is 1.07. The van der Waals surface area contributed by atoms with Gasteiger partial charge in [-0.25, -0.2) is 0 Å². The number of hydrogen-bond donors (Lipinski definition) is 1. The van der Waals surface area contributed by atoms with Gasteiger partial charge < -0.3 is 5.32 Å². The van der Waals surface area contributed by atoms with Crippen LogP contribution >= 0.6 is 0 Å². The van der Waals surface area contributed by atoms with Crippen LogP contribution < -0.4 is 5.32 Å². The predicted octanol–water partition coefficient (Wildman–Crippen LogP) is 1.66. The van der Waals surface area contributed by atoms with Crippen LogP contribution in [0.3, 0.4) is 0 Å². The predicted molar refractivity (Wildman–Crippen MR) is 54.6 cm³/mol. The van der Waals surface area contributed by atoms with Crippen LogP contribution in [0.4, 0.5) is 0 Å². The lowest BCUT2D eigenvalue weighted by molar-refractivity contribution is 0.363. The Labute approximate surface area is 80.1 Å². The Balaban J connectivity index is 2.21. The first-order chi connectivity index (χ1) is 6.14. The molecule has 0 bridgehead atoms. The van der Waals surface area contributed by atoms with E-state index in [1.165, 1.54) is 0 Å². The molecule has 0 radical (unpaired) electrons. The molecule has 1 aromatic rings. The van der Waals surface area contributed by atoms with E-state index in [0.29, 0.717) is 0 Å². The highest BCUT2D eigenvalue weighted by atomic mass is 15.3. The average Bonchev–Trinajstić information content (AvgIpc) is 2.57. The molecule has 3 heteroatoms. The van der Waals surface area contributed by atoms with Gasteiger partial charge in [0.05, 0.1) is 6.54 Å². The standard InChI is InChI=1S/C10H19N3/c1-4-10(2,3)11-7-9-13-8-5-6-12-13/h5-6,8,11H,4,7,9H2,1-3H3. The molecule has 0 aliphatic carbocycles. The number of hydrogen-bond acceptors (Lipinski definition) is 2. The van der Waals surface area contributed by atoms with E-state index >= 15 is 0 Å². The minimum atomic E-state index is 0.243. The number of rotatable bonds is 5. The molecule has 1 aromatic heterocycles. The highest BCUT2D eigenvalue weighted by Gasteiger charge is 2.12. The normalized spacial score (nSPS) is 11.9. The Kier molecular flexibility index (Phi) is 3.48. The van der Waals surface area contributed by atoms with Gasteiger partial charge in [0.25, 0.3) is 0 Å². The van der Waals surface area contributed by atoms with Crippen molar-refractivity contribution in [1.29, 1.82) is 0 Å². The van der Waals surface area contributed by atoms with Crippen molar-refractivity contribution in [2.75, 3.05) is 6.54 Å². The van der Waals surface area contributed by atoms with Crippen LogP contribution in [0.1, 0.15) is 27.2 Å². The molecule has 1 rings (SSSR count). The second kappa shape index (κ2) is 4.42. The lowest BCUT2D eigenvalue weighted by Crippen LogP contribution is -2.40. The summed E-state index contributed by atoms with van der Waals surface area (Å²) in [7, 11) is 0. The summed E-state index contributed by atoms with van der Waals surface area (Å²) in [6.45, 7) is 8.55. The maximum Gasteiger partial charge on any atom is 0.0534 e. The topological polar surface area (TPSA) is 29.9 Å². The lowest BCUT2D eigenvalue weighted by atomic mass is 10.0. The summed E-state index contributed by atoms with van der Waals surface area (Å²) in [4.78, 5) is 0. The number of nitrogens with one attached hydrogen (secondary N) is 1. The van der Waals surface area contributed by atoms with Crippen molar-refractivity contribution in [3.8, 4) is 0 Å². The molecule has 0 aliphatic heterocycles. The molecule has 0 fully saturated rings. The average molecular weight is 181 g/mol. The van der Waals surface area contributed by atoms with Gasteiger partial charge in [0, 0.05) is 24.5 Å². The SMILES string of the molecule is CCC(C)(C)NCCn1cccn1. The highest BCUT2D eigenvalue weighted by molar-refractivity contribution is 4.79. The van der Waals surface area contributed by atoms with Gasteiger partial charge in [-0.05, 0) is 26.3 Å².